The molecule has 0 spiro atoms. The molecule has 1 amide bonds. The Bertz CT molecular complexity index is 696. The summed E-state index contributed by atoms with van der Waals surface area (Å²) in [7, 11) is 0. The van der Waals surface area contributed by atoms with Crippen molar-refractivity contribution in [2.24, 2.45) is 0 Å². The molecule has 0 atom stereocenters. The van der Waals surface area contributed by atoms with Gasteiger partial charge >= 0.3 is 0 Å². The number of carbonyl (C=O) groups is 1. The lowest BCUT2D eigenvalue weighted by Gasteiger charge is -2.16. The summed E-state index contributed by atoms with van der Waals surface area (Å²) in [6, 6.07) is 10.6. The van der Waals surface area contributed by atoms with Crippen LogP contribution in [-0.4, -0.2) is 5.91 Å². The maximum atomic E-state index is 13.6. The maximum absolute atomic E-state index is 13.6. The summed E-state index contributed by atoms with van der Waals surface area (Å²) in [5, 5.41) is 2.56. The lowest BCUT2D eigenvalue weighted by molar-refractivity contribution is -0.118. The Hall–Kier alpha value is -1.75. The van der Waals surface area contributed by atoms with E-state index in [-0.39, 0.29) is 11.6 Å². The van der Waals surface area contributed by atoms with Gasteiger partial charge in [-0.05, 0) is 42.7 Å². The van der Waals surface area contributed by atoms with Crippen LogP contribution in [0.2, 0.25) is 0 Å². The highest BCUT2D eigenvalue weighted by Gasteiger charge is 2.51. The Labute approximate surface area is 129 Å². The molecule has 0 saturated heterocycles. The van der Waals surface area contributed by atoms with Crippen molar-refractivity contribution in [1.82, 2.24) is 0 Å². The van der Waals surface area contributed by atoms with E-state index in [2.05, 4.69) is 21.2 Å². The van der Waals surface area contributed by atoms with Crippen LogP contribution >= 0.6 is 15.9 Å². The van der Waals surface area contributed by atoms with Crippen LogP contribution in [0.5, 0.6) is 0 Å². The van der Waals surface area contributed by atoms with Gasteiger partial charge in [-0.2, -0.15) is 0 Å². The van der Waals surface area contributed by atoms with Crippen LogP contribution in [-0.2, 0) is 10.2 Å². The van der Waals surface area contributed by atoms with Gasteiger partial charge in [-0.15, -0.1) is 0 Å². The van der Waals surface area contributed by atoms with Gasteiger partial charge in [0.05, 0.1) is 11.1 Å². The van der Waals surface area contributed by atoms with Crippen LogP contribution in [0.25, 0.3) is 0 Å². The van der Waals surface area contributed by atoms with Gasteiger partial charge in [-0.1, -0.05) is 28.1 Å². The first kappa shape index (κ1) is 14.2. The molecule has 2 aromatic rings. The molecule has 5 heteroatoms. The molecule has 0 radical (unpaired) electrons. The topological polar surface area (TPSA) is 29.1 Å². The van der Waals surface area contributed by atoms with Crippen LogP contribution in [0.15, 0.2) is 46.9 Å². The summed E-state index contributed by atoms with van der Waals surface area (Å²) < 4.78 is 27.4. The highest BCUT2D eigenvalue weighted by Crippen LogP contribution is 2.49. The number of hydrogen-bond acceptors (Lipinski definition) is 1. The second kappa shape index (κ2) is 5.22. The maximum Gasteiger partial charge on any atom is 0.235 e. The molecule has 0 bridgehead atoms. The third-order valence-corrected chi connectivity index (χ3v) is 4.29. The molecule has 1 aliphatic carbocycles. The first-order valence-corrected chi connectivity index (χ1v) is 7.33. The van der Waals surface area contributed by atoms with Crippen LogP contribution < -0.4 is 5.32 Å². The van der Waals surface area contributed by atoms with Crippen molar-refractivity contribution in [2.45, 2.75) is 18.3 Å². The fourth-order valence-corrected chi connectivity index (χ4v) is 2.64. The third kappa shape index (κ3) is 2.70. The van der Waals surface area contributed by atoms with Crippen LogP contribution in [0.1, 0.15) is 18.4 Å². The van der Waals surface area contributed by atoms with E-state index in [1.807, 2.05) is 24.3 Å². The second-order valence-electron chi connectivity index (χ2n) is 5.17. The van der Waals surface area contributed by atoms with Crippen LogP contribution in [0.3, 0.4) is 0 Å². The van der Waals surface area contributed by atoms with E-state index in [0.717, 1.165) is 35.0 Å². The van der Waals surface area contributed by atoms with Crippen LogP contribution in [0, 0.1) is 11.6 Å². The van der Waals surface area contributed by atoms with E-state index in [4.69, 9.17) is 0 Å². The highest BCUT2D eigenvalue weighted by molar-refractivity contribution is 9.10. The molecule has 2 aromatic carbocycles. The van der Waals surface area contributed by atoms with Gasteiger partial charge in [0.25, 0.3) is 0 Å². The minimum atomic E-state index is -0.769. The van der Waals surface area contributed by atoms with Crippen molar-refractivity contribution in [3.8, 4) is 0 Å². The van der Waals surface area contributed by atoms with Crippen molar-refractivity contribution < 1.29 is 13.6 Å². The Balaban J connectivity index is 1.83. The minimum absolute atomic E-state index is 0.00443. The van der Waals surface area contributed by atoms with Gasteiger partial charge in [0.1, 0.15) is 11.6 Å². The second-order valence-corrected chi connectivity index (χ2v) is 6.08. The third-order valence-electron chi connectivity index (χ3n) is 3.76. The lowest BCUT2D eigenvalue weighted by Crippen LogP contribution is -2.28. The first-order chi connectivity index (χ1) is 10.0. The van der Waals surface area contributed by atoms with Gasteiger partial charge in [-0.25, -0.2) is 8.78 Å². The molecule has 1 fully saturated rings. The zero-order valence-electron chi connectivity index (χ0n) is 11.0. The quantitative estimate of drug-likeness (QED) is 0.872. The molecular weight excluding hydrogens is 340 g/mol. The molecule has 0 unspecified atom stereocenters. The minimum Gasteiger partial charge on any atom is -0.323 e. The van der Waals surface area contributed by atoms with Crippen LogP contribution in [0.4, 0.5) is 14.5 Å². The molecule has 0 aromatic heterocycles. The molecule has 0 heterocycles. The number of rotatable bonds is 3. The average molecular weight is 352 g/mol. The summed E-state index contributed by atoms with van der Waals surface area (Å²) >= 11 is 3.35. The average Bonchev–Trinajstić information content (AvgIpc) is 3.24. The number of carbonyl (C=O) groups excluding carboxylic acids is 1. The van der Waals surface area contributed by atoms with Gasteiger partial charge in [0, 0.05) is 10.5 Å². The Morgan fingerprint density at radius 1 is 1.10 bits per heavy atom. The number of nitrogens with one attached hydrogen (secondary N) is 1. The zero-order valence-corrected chi connectivity index (χ0v) is 12.6. The van der Waals surface area contributed by atoms with Crippen molar-refractivity contribution in [3.63, 3.8) is 0 Å². The Kier molecular flexibility index (Phi) is 3.53. The molecule has 1 aliphatic rings. The van der Waals surface area contributed by atoms with E-state index >= 15 is 0 Å². The molecule has 21 heavy (non-hydrogen) atoms. The standard InChI is InChI=1S/C16H12BrF2NO/c17-11-3-1-10(2-4-11)16(7-8-16)15(21)20-14-6-5-12(18)9-13(14)19/h1-6,9H,7-8H2,(H,20,21). The molecular formula is C16H12BrF2NO. The number of benzene rings is 2. The Morgan fingerprint density at radius 2 is 1.76 bits per heavy atom. The van der Waals surface area contributed by atoms with Gasteiger partial charge in [0.15, 0.2) is 0 Å². The smallest absolute Gasteiger partial charge is 0.235 e. The highest BCUT2D eigenvalue weighted by atomic mass is 79.9. The number of anilines is 1. The van der Waals surface area contributed by atoms with Crippen molar-refractivity contribution in [3.05, 3.63) is 64.1 Å². The largest absolute Gasteiger partial charge is 0.323 e. The van der Waals surface area contributed by atoms with Gasteiger partial charge in [-0.3, -0.25) is 4.79 Å². The van der Waals surface area contributed by atoms with Crippen molar-refractivity contribution in [2.75, 3.05) is 5.32 Å². The first-order valence-electron chi connectivity index (χ1n) is 6.54. The van der Waals surface area contributed by atoms with E-state index < -0.39 is 17.0 Å². The fourth-order valence-electron chi connectivity index (χ4n) is 2.37. The number of hydrogen-bond donors (Lipinski definition) is 1. The van der Waals surface area contributed by atoms with Gasteiger partial charge in [0.2, 0.25) is 5.91 Å². The van der Waals surface area contributed by atoms with E-state index in [1.54, 1.807) is 0 Å². The predicted molar refractivity (Wildman–Crippen MR) is 80.0 cm³/mol. The predicted octanol–water partition coefficient (Wildman–Crippen LogP) is 4.40. The summed E-state index contributed by atoms with van der Waals surface area (Å²) in [4.78, 5) is 12.4. The SMILES string of the molecule is O=C(Nc1ccc(F)cc1F)C1(c2ccc(Br)cc2)CC1. The molecule has 1 saturated carbocycles. The summed E-state index contributed by atoms with van der Waals surface area (Å²) in [5.41, 5.74) is 0.317. The van der Waals surface area contributed by atoms with Crippen molar-refractivity contribution >= 4 is 27.5 Å². The lowest BCUT2D eigenvalue weighted by atomic mass is 9.95. The summed E-state index contributed by atoms with van der Waals surface area (Å²) in [6.45, 7) is 0. The normalized spacial score (nSPS) is 15.6. The van der Waals surface area contributed by atoms with E-state index in [0.29, 0.717) is 0 Å². The van der Waals surface area contributed by atoms with E-state index in [9.17, 15) is 13.6 Å². The van der Waals surface area contributed by atoms with E-state index in [1.165, 1.54) is 6.07 Å². The number of amides is 1. The fraction of sp³-hybridized carbons (Fsp3) is 0.188. The molecule has 2 nitrogen and oxygen atoms in total. The molecule has 108 valence electrons. The summed E-state index contributed by atoms with van der Waals surface area (Å²) in [6.07, 6.45) is 1.45. The number of halogens is 3. The monoisotopic (exact) mass is 351 g/mol. The molecule has 1 N–H and O–H groups in total. The van der Waals surface area contributed by atoms with Gasteiger partial charge < -0.3 is 5.32 Å². The zero-order chi connectivity index (χ0) is 15.0. The molecule has 3 rings (SSSR count). The molecule has 0 aliphatic heterocycles. The summed E-state index contributed by atoms with van der Waals surface area (Å²) in [5.74, 6) is -1.69. The van der Waals surface area contributed by atoms with Crippen molar-refractivity contribution in [1.29, 1.82) is 0 Å². The Morgan fingerprint density at radius 3 is 2.33 bits per heavy atom.